The summed E-state index contributed by atoms with van der Waals surface area (Å²) in [6, 6.07) is 0. The van der Waals surface area contributed by atoms with Crippen LogP contribution in [0.4, 0.5) is 0 Å². The standard InChI is InChI=1S/2C9H18OS2.Zn/c2*1-2-3-4-5-6-7-8-10-9(11)12;/h2*2-8H2,1H3,(H,11,12);/q;;+2/p-2. The molecule has 2 nitrogen and oxygen atoms in total. The van der Waals surface area contributed by atoms with Gasteiger partial charge in [-0.1, -0.05) is 78.1 Å². The molecule has 144 valence electrons. The van der Waals surface area contributed by atoms with Crippen LogP contribution in [0.25, 0.3) is 0 Å². The van der Waals surface area contributed by atoms with E-state index in [9.17, 15) is 0 Å². The maximum Gasteiger partial charge on any atom is 2.00 e. The average Bonchev–Trinajstić information content (AvgIpc) is 2.53. The smallest absolute Gasteiger partial charge is 0.514 e. The Balaban J connectivity index is -0.000000372. The minimum Gasteiger partial charge on any atom is -0.514 e. The molecule has 0 saturated heterocycles. The van der Waals surface area contributed by atoms with E-state index in [-0.39, 0.29) is 28.2 Å². The summed E-state index contributed by atoms with van der Waals surface area (Å²) in [5.74, 6) is 0. The molecular weight excluding hydrogens is 442 g/mol. The molecule has 0 amide bonds. The molecule has 0 aromatic heterocycles. The van der Waals surface area contributed by atoms with Crippen LogP contribution in [0.5, 0.6) is 0 Å². The van der Waals surface area contributed by atoms with Gasteiger partial charge in [-0.2, -0.15) is 0 Å². The van der Waals surface area contributed by atoms with Gasteiger partial charge >= 0.3 is 19.5 Å². The third-order valence-corrected chi connectivity index (χ3v) is 3.91. The average molecular weight is 476 g/mol. The Morgan fingerprint density at radius 2 is 0.880 bits per heavy atom. The van der Waals surface area contributed by atoms with E-state index in [1.54, 1.807) is 0 Å². The van der Waals surface area contributed by atoms with Crippen molar-refractivity contribution in [2.75, 3.05) is 13.2 Å². The van der Waals surface area contributed by atoms with Crippen LogP contribution in [0.15, 0.2) is 0 Å². The molecule has 7 heteroatoms. The molecule has 0 rings (SSSR count). The van der Waals surface area contributed by atoms with Crippen molar-refractivity contribution in [3.8, 4) is 0 Å². The summed E-state index contributed by atoms with van der Waals surface area (Å²) in [6.07, 6.45) is 15.2. The minimum atomic E-state index is 0. The molecule has 0 aliphatic rings. The first kappa shape index (κ1) is 30.6. The van der Waals surface area contributed by atoms with E-state index in [0.29, 0.717) is 13.2 Å². The van der Waals surface area contributed by atoms with E-state index in [4.69, 9.17) is 9.47 Å². The van der Waals surface area contributed by atoms with Gasteiger partial charge in [0.2, 0.25) is 0 Å². The van der Waals surface area contributed by atoms with E-state index < -0.39 is 0 Å². The van der Waals surface area contributed by atoms with Gasteiger partial charge in [-0.25, -0.2) is 0 Å². The molecule has 0 unspecified atom stereocenters. The second-order valence-electron chi connectivity index (χ2n) is 5.73. The zero-order valence-corrected chi connectivity index (χ0v) is 22.3. The van der Waals surface area contributed by atoms with Crippen molar-refractivity contribution < 1.29 is 29.0 Å². The minimum absolute atomic E-state index is 0. The Morgan fingerprint density at radius 1 is 0.600 bits per heavy atom. The van der Waals surface area contributed by atoms with Crippen LogP contribution in [0.2, 0.25) is 0 Å². The maximum atomic E-state index is 4.99. The number of ether oxygens (including phenoxy) is 2. The van der Waals surface area contributed by atoms with Gasteiger partial charge in [-0.15, -0.1) is 0 Å². The Morgan fingerprint density at radius 3 is 1.16 bits per heavy atom. The molecule has 0 spiro atoms. The topological polar surface area (TPSA) is 18.5 Å². The van der Waals surface area contributed by atoms with Gasteiger partial charge in [0.1, 0.15) is 0 Å². The molecule has 0 aliphatic heterocycles. The van der Waals surface area contributed by atoms with Gasteiger partial charge in [0, 0.05) is 8.77 Å². The molecule has 0 saturated carbocycles. The Hall–Kier alpha value is 0.843. The number of unbranched alkanes of at least 4 members (excludes halogenated alkanes) is 10. The largest absolute Gasteiger partial charge is 2.00 e. The molecule has 0 N–H and O–H groups in total. The van der Waals surface area contributed by atoms with E-state index in [0.717, 1.165) is 12.8 Å². The number of rotatable bonds is 14. The number of hydrogen-bond donors (Lipinski definition) is 0. The fraction of sp³-hybridized carbons (Fsp3) is 0.889. The van der Waals surface area contributed by atoms with Crippen molar-refractivity contribution in [1.29, 1.82) is 0 Å². The molecule has 0 fully saturated rings. The first-order valence-corrected chi connectivity index (χ1v) is 10.8. The van der Waals surface area contributed by atoms with Crippen molar-refractivity contribution >= 4 is 58.5 Å². The van der Waals surface area contributed by atoms with E-state index in [2.05, 4.69) is 63.5 Å². The quantitative estimate of drug-likeness (QED) is 0.124. The summed E-state index contributed by atoms with van der Waals surface area (Å²) >= 11 is 18.4. The SMILES string of the molecule is CCCCCCCCOC(=S)[S-].CCCCCCCCOC(=S)[S-].[Zn+2]. The van der Waals surface area contributed by atoms with Crippen molar-refractivity contribution in [3.63, 3.8) is 0 Å². The van der Waals surface area contributed by atoms with Crippen molar-refractivity contribution in [3.05, 3.63) is 0 Å². The molecular formula is C18H34O2S4Zn. The predicted octanol–water partition coefficient (Wildman–Crippen LogP) is 6.39. The van der Waals surface area contributed by atoms with Crippen LogP contribution in [0, 0.1) is 0 Å². The maximum absolute atomic E-state index is 4.99. The van der Waals surface area contributed by atoms with Gasteiger partial charge < -0.3 is 59.2 Å². The molecule has 0 aromatic rings. The summed E-state index contributed by atoms with van der Waals surface area (Å²) in [4.78, 5) is 0. The first-order chi connectivity index (χ1) is 11.5. The third kappa shape index (κ3) is 36.5. The zero-order chi connectivity index (χ0) is 18.5. The zero-order valence-electron chi connectivity index (χ0n) is 16.1. The second kappa shape index (κ2) is 27.1. The number of hydrogen-bond acceptors (Lipinski definition) is 6. The monoisotopic (exact) mass is 474 g/mol. The summed E-state index contributed by atoms with van der Waals surface area (Å²) < 4.78 is 10.5. The molecule has 0 aliphatic carbocycles. The van der Waals surface area contributed by atoms with Gasteiger partial charge in [0.15, 0.2) is 0 Å². The summed E-state index contributed by atoms with van der Waals surface area (Å²) in [7, 11) is 0. The van der Waals surface area contributed by atoms with Gasteiger partial charge in [-0.05, 0) is 12.8 Å². The summed E-state index contributed by atoms with van der Waals surface area (Å²) in [6.45, 7) is 5.85. The Bertz CT molecular complexity index is 264. The van der Waals surface area contributed by atoms with E-state index >= 15 is 0 Å². The molecule has 0 aromatic carbocycles. The normalized spacial score (nSPS) is 9.36. The van der Waals surface area contributed by atoms with Gasteiger partial charge in [-0.3, -0.25) is 0 Å². The van der Waals surface area contributed by atoms with Crippen molar-refractivity contribution in [2.45, 2.75) is 90.9 Å². The summed E-state index contributed by atoms with van der Waals surface area (Å²) in [5, 5.41) is 0. The van der Waals surface area contributed by atoms with Crippen molar-refractivity contribution in [1.82, 2.24) is 0 Å². The Labute approximate surface area is 190 Å². The van der Waals surface area contributed by atoms with Crippen molar-refractivity contribution in [2.24, 2.45) is 0 Å². The molecule has 0 heterocycles. The van der Waals surface area contributed by atoms with E-state index in [1.165, 1.54) is 64.2 Å². The molecule has 0 bridgehead atoms. The second-order valence-corrected chi connectivity index (χ2v) is 7.73. The van der Waals surface area contributed by atoms with Crippen LogP contribution in [0.1, 0.15) is 90.9 Å². The third-order valence-electron chi connectivity index (χ3n) is 3.44. The van der Waals surface area contributed by atoms with E-state index in [1.807, 2.05) is 0 Å². The van der Waals surface area contributed by atoms with Crippen LogP contribution >= 0.6 is 24.4 Å². The first-order valence-electron chi connectivity index (χ1n) is 9.22. The summed E-state index contributed by atoms with van der Waals surface area (Å²) in [5.41, 5.74) is 0. The van der Waals surface area contributed by atoms with Gasteiger partial charge in [0.25, 0.3) is 0 Å². The fourth-order valence-electron chi connectivity index (χ4n) is 2.08. The van der Waals surface area contributed by atoms with Crippen LogP contribution in [0.3, 0.4) is 0 Å². The fourth-order valence-corrected chi connectivity index (χ4v) is 2.41. The predicted molar refractivity (Wildman–Crippen MR) is 119 cm³/mol. The Kier molecular flexibility index (Phi) is 33.1. The molecule has 25 heavy (non-hydrogen) atoms. The van der Waals surface area contributed by atoms with Crippen LogP contribution in [-0.4, -0.2) is 22.0 Å². The molecule has 0 radical (unpaired) electrons. The van der Waals surface area contributed by atoms with Crippen LogP contribution in [-0.2, 0) is 54.2 Å². The van der Waals surface area contributed by atoms with Gasteiger partial charge in [0.05, 0.1) is 13.2 Å². The molecule has 0 atom stereocenters. The van der Waals surface area contributed by atoms with Crippen LogP contribution < -0.4 is 0 Å². The number of thiocarbonyl (C=S) groups is 2.